The van der Waals surface area contributed by atoms with Gasteiger partial charge in [0.05, 0.1) is 12.9 Å². The maximum absolute atomic E-state index is 10.9. The average molecular weight is 180 g/mol. The van der Waals surface area contributed by atoms with Gasteiger partial charge in [-0.3, -0.25) is 0 Å². The summed E-state index contributed by atoms with van der Waals surface area (Å²) in [5, 5.41) is 0. The molecule has 1 rings (SSSR count). The number of hydrogen-bond acceptors (Lipinski definition) is 3. The molecule has 0 atom stereocenters. The monoisotopic (exact) mass is 180 g/mol. The molecule has 0 aromatic carbocycles. The summed E-state index contributed by atoms with van der Waals surface area (Å²) in [6, 6.07) is 3.53. The summed E-state index contributed by atoms with van der Waals surface area (Å²) < 4.78 is 9.82. The van der Waals surface area contributed by atoms with E-state index in [0.717, 1.165) is 6.42 Å². The third-order valence-electron chi connectivity index (χ3n) is 1.38. The Morgan fingerprint density at radius 3 is 3.15 bits per heavy atom. The van der Waals surface area contributed by atoms with Crippen LogP contribution in [0.3, 0.4) is 0 Å². The summed E-state index contributed by atoms with van der Waals surface area (Å²) >= 11 is 0. The van der Waals surface area contributed by atoms with Crippen molar-refractivity contribution in [3.8, 4) is 0 Å². The highest BCUT2D eigenvalue weighted by Crippen LogP contribution is 2.02. The van der Waals surface area contributed by atoms with Crippen molar-refractivity contribution in [1.82, 2.24) is 0 Å². The maximum atomic E-state index is 10.9. The zero-order valence-corrected chi connectivity index (χ0v) is 7.53. The van der Waals surface area contributed by atoms with Crippen molar-refractivity contribution >= 4 is 12.0 Å². The average Bonchev–Trinajstić information content (AvgIpc) is 2.64. The molecule has 3 nitrogen and oxygen atoms in total. The fraction of sp³-hybridized carbons (Fsp3) is 0.300. The molecular formula is C10H12O3. The Bertz CT molecular complexity index is 272. The summed E-state index contributed by atoms with van der Waals surface area (Å²) in [6.45, 7) is 2.41. The lowest BCUT2D eigenvalue weighted by Crippen LogP contribution is -2.00. The van der Waals surface area contributed by atoms with Gasteiger partial charge in [0, 0.05) is 6.08 Å². The zero-order chi connectivity index (χ0) is 9.52. The molecule has 0 unspecified atom stereocenters. The second-order valence-corrected chi connectivity index (χ2v) is 2.52. The Labute approximate surface area is 77.0 Å². The SMILES string of the molecule is CCCOC(=O)C=Cc1ccco1. The Morgan fingerprint density at radius 2 is 2.54 bits per heavy atom. The van der Waals surface area contributed by atoms with Gasteiger partial charge in [0.2, 0.25) is 0 Å². The molecule has 0 fully saturated rings. The standard InChI is InChI=1S/C10H12O3/c1-2-7-13-10(11)6-5-9-4-3-8-12-9/h3-6,8H,2,7H2,1H3. The maximum Gasteiger partial charge on any atom is 0.330 e. The van der Waals surface area contributed by atoms with Crippen molar-refractivity contribution in [2.24, 2.45) is 0 Å². The molecule has 0 aliphatic heterocycles. The summed E-state index contributed by atoms with van der Waals surface area (Å²) in [7, 11) is 0. The summed E-state index contributed by atoms with van der Waals surface area (Å²) in [5.74, 6) is 0.312. The molecule has 1 heterocycles. The van der Waals surface area contributed by atoms with E-state index in [1.807, 2.05) is 6.92 Å². The fourth-order valence-electron chi connectivity index (χ4n) is 0.787. The van der Waals surface area contributed by atoms with Crippen molar-refractivity contribution in [3.63, 3.8) is 0 Å². The molecule has 3 heteroatoms. The van der Waals surface area contributed by atoms with Crippen molar-refractivity contribution < 1.29 is 13.9 Å². The minimum absolute atomic E-state index is 0.335. The molecule has 0 spiro atoms. The van der Waals surface area contributed by atoms with Crippen LogP contribution in [-0.2, 0) is 9.53 Å². The van der Waals surface area contributed by atoms with Gasteiger partial charge in [-0.2, -0.15) is 0 Å². The summed E-state index contributed by atoms with van der Waals surface area (Å²) in [6.07, 6.45) is 5.32. The molecule has 0 amide bonds. The second kappa shape index (κ2) is 5.19. The Kier molecular flexibility index (Phi) is 3.82. The van der Waals surface area contributed by atoms with Gasteiger partial charge in [0.25, 0.3) is 0 Å². The van der Waals surface area contributed by atoms with E-state index in [2.05, 4.69) is 0 Å². The lowest BCUT2D eigenvalue weighted by Gasteiger charge is -1.96. The van der Waals surface area contributed by atoms with Gasteiger partial charge in [-0.05, 0) is 24.6 Å². The van der Waals surface area contributed by atoms with E-state index >= 15 is 0 Å². The van der Waals surface area contributed by atoms with E-state index in [4.69, 9.17) is 9.15 Å². The molecule has 70 valence electrons. The topological polar surface area (TPSA) is 39.4 Å². The van der Waals surface area contributed by atoms with Gasteiger partial charge >= 0.3 is 5.97 Å². The minimum atomic E-state index is -0.335. The first-order valence-electron chi connectivity index (χ1n) is 4.21. The van der Waals surface area contributed by atoms with E-state index in [0.29, 0.717) is 12.4 Å². The van der Waals surface area contributed by atoms with Crippen LogP contribution < -0.4 is 0 Å². The van der Waals surface area contributed by atoms with E-state index in [1.54, 1.807) is 24.5 Å². The first kappa shape index (κ1) is 9.58. The Balaban J connectivity index is 2.35. The van der Waals surface area contributed by atoms with Crippen molar-refractivity contribution in [1.29, 1.82) is 0 Å². The second-order valence-electron chi connectivity index (χ2n) is 2.52. The zero-order valence-electron chi connectivity index (χ0n) is 7.53. The molecule has 0 N–H and O–H groups in total. The molecule has 13 heavy (non-hydrogen) atoms. The third kappa shape index (κ3) is 3.60. The molecule has 0 saturated carbocycles. The predicted octanol–water partition coefficient (Wildman–Crippen LogP) is 2.25. The number of carbonyl (C=O) groups is 1. The summed E-state index contributed by atoms with van der Waals surface area (Å²) in [4.78, 5) is 10.9. The van der Waals surface area contributed by atoms with Gasteiger partial charge in [-0.1, -0.05) is 6.92 Å². The molecule has 0 aliphatic carbocycles. The van der Waals surface area contributed by atoms with Crippen LogP contribution in [-0.4, -0.2) is 12.6 Å². The number of carbonyl (C=O) groups excluding carboxylic acids is 1. The van der Waals surface area contributed by atoms with Gasteiger partial charge < -0.3 is 9.15 Å². The van der Waals surface area contributed by atoms with Crippen LogP contribution in [0.1, 0.15) is 19.1 Å². The van der Waals surface area contributed by atoms with Gasteiger partial charge in [0.1, 0.15) is 5.76 Å². The quantitative estimate of drug-likeness (QED) is 0.527. The van der Waals surface area contributed by atoms with Crippen molar-refractivity contribution in [2.75, 3.05) is 6.61 Å². The predicted molar refractivity (Wildman–Crippen MR) is 49.0 cm³/mol. The number of hydrogen-bond donors (Lipinski definition) is 0. The van der Waals surface area contributed by atoms with Crippen LogP contribution in [0.4, 0.5) is 0 Å². The van der Waals surface area contributed by atoms with Gasteiger partial charge in [-0.25, -0.2) is 4.79 Å². The van der Waals surface area contributed by atoms with E-state index < -0.39 is 0 Å². The minimum Gasteiger partial charge on any atom is -0.465 e. The van der Waals surface area contributed by atoms with Crippen LogP contribution in [0.25, 0.3) is 6.08 Å². The van der Waals surface area contributed by atoms with Crippen LogP contribution >= 0.6 is 0 Å². The molecule has 0 aliphatic rings. The molecular weight excluding hydrogens is 168 g/mol. The molecule has 1 aromatic heterocycles. The highest BCUT2D eigenvalue weighted by atomic mass is 16.5. The van der Waals surface area contributed by atoms with Gasteiger partial charge in [-0.15, -0.1) is 0 Å². The number of rotatable bonds is 4. The first-order chi connectivity index (χ1) is 6.33. The normalized spacial score (nSPS) is 10.5. The first-order valence-corrected chi connectivity index (χ1v) is 4.21. The Morgan fingerprint density at radius 1 is 1.69 bits per heavy atom. The van der Waals surface area contributed by atoms with E-state index in [1.165, 1.54) is 6.08 Å². The molecule has 1 aromatic rings. The fourth-order valence-corrected chi connectivity index (χ4v) is 0.787. The highest BCUT2D eigenvalue weighted by Gasteiger charge is 1.95. The largest absolute Gasteiger partial charge is 0.465 e. The molecule has 0 saturated heterocycles. The van der Waals surface area contributed by atoms with E-state index in [-0.39, 0.29) is 5.97 Å². The number of ether oxygens (including phenoxy) is 1. The highest BCUT2D eigenvalue weighted by molar-refractivity contribution is 5.86. The number of furan rings is 1. The van der Waals surface area contributed by atoms with Crippen molar-refractivity contribution in [2.45, 2.75) is 13.3 Å². The summed E-state index contributed by atoms with van der Waals surface area (Å²) in [5.41, 5.74) is 0. The van der Waals surface area contributed by atoms with Crippen molar-refractivity contribution in [3.05, 3.63) is 30.2 Å². The van der Waals surface area contributed by atoms with Crippen LogP contribution in [0.2, 0.25) is 0 Å². The van der Waals surface area contributed by atoms with Gasteiger partial charge in [0.15, 0.2) is 0 Å². The van der Waals surface area contributed by atoms with Crippen LogP contribution in [0, 0.1) is 0 Å². The van der Waals surface area contributed by atoms with E-state index in [9.17, 15) is 4.79 Å². The lowest BCUT2D eigenvalue weighted by molar-refractivity contribution is -0.137. The smallest absolute Gasteiger partial charge is 0.330 e. The lowest BCUT2D eigenvalue weighted by atomic mass is 10.4. The number of esters is 1. The third-order valence-corrected chi connectivity index (χ3v) is 1.38. The molecule has 0 bridgehead atoms. The van der Waals surface area contributed by atoms with Crippen LogP contribution in [0.5, 0.6) is 0 Å². The molecule has 0 radical (unpaired) electrons. The van der Waals surface area contributed by atoms with Crippen LogP contribution in [0.15, 0.2) is 28.9 Å². The Hall–Kier alpha value is -1.51.